The standard InChI is InChI=1S/C7H11N3O2/c8-7-5-3-12-4-6(5)10(9-7)1-2-11/h11H,1-4H2,(H2,8,9). The fourth-order valence-corrected chi connectivity index (χ4v) is 1.40. The Hall–Kier alpha value is -1.07. The van der Waals surface area contributed by atoms with Gasteiger partial charge >= 0.3 is 0 Å². The highest BCUT2D eigenvalue weighted by molar-refractivity contribution is 5.43. The summed E-state index contributed by atoms with van der Waals surface area (Å²) < 4.78 is 6.91. The zero-order chi connectivity index (χ0) is 8.55. The van der Waals surface area contributed by atoms with Crippen molar-refractivity contribution < 1.29 is 9.84 Å². The SMILES string of the molecule is Nc1nn(CCO)c2c1COC2. The number of aromatic nitrogens is 2. The van der Waals surface area contributed by atoms with Crippen LogP contribution < -0.4 is 5.73 Å². The molecule has 0 aromatic carbocycles. The maximum Gasteiger partial charge on any atom is 0.151 e. The van der Waals surface area contributed by atoms with Crippen molar-refractivity contribution in [3.05, 3.63) is 11.3 Å². The summed E-state index contributed by atoms with van der Waals surface area (Å²) in [5.74, 6) is 0.524. The third-order valence-electron chi connectivity index (χ3n) is 1.99. The van der Waals surface area contributed by atoms with Gasteiger partial charge in [0, 0.05) is 5.56 Å². The predicted molar refractivity (Wildman–Crippen MR) is 42.2 cm³/mol. The molecule has 0 aliphatic carbocycles. The van der Waals surface area contributed by atoms with Gasteiger partial charge in [0.15, 0.2) is 5.82 Å². The molecule has 3 N–H and O–H groups in total. The van der Waals surface area contributed by atoms with Gasteiger partial charge in [-0.25, -0.2) is 0 Å². The van der Waals surface area contributed by atoms with Crippen LogP contribution >= 0.6 is 0 Å². The van der Waals surface area contributed by atoms with Gasteiger partial charge in [0.05, 0.1) is 32.1 Å². The number of aliphatic hydroxyl groups is 1. The molecule has 0 bridgehead atoms. The first kappa shape index (κ1) is 7.57. The number of nitrogens with zero attached hydrogens (tertiary/aromatic N) is 2. The molecule has 0 spiro atoms. The van der Waals surface area contributed by atoms with Gasteiger partial charge in [0.2, 0.25) is 0 Å². The number of hydrogen-bond donors (Lipinski definition) is 2. The zero-order valence-corrected chi connectivity index (χ0v) is 6.66. The molecule has 66 valence electrons. The van der Waals surface area contributed by atoms with E-state index >= 15 is 0 Å². The molecular weight excluding hydrogens is 158 g/mol. The molecule has 0 fully saturated rings. The lowest BCUT2D eigenvalue weighted by atomic mass is 10.3. The molecule has 1 aromatic heterocycles. The van der Waals surface area contributed by atoms with E-state index < -0.39 is 0 Å². The topological polar surface area (TPSA) is 73.3 Å². The minimum Gasteiger partial charge on any atom is -0.394 e. The zero-order valence-electron chi connectivity index (χ0n) is 6.66. The molecule has 0 atom stereocenters. The number of aliphatic hydroxyl groups excluding tert-OH is 1. The van der Waals surface area contributed by atoms with Gasteiger partial charge < -0.3 is 15.6 Å². The second kappa shape index (κ2) is 2.76. The molecule has 2 heterocycles. The fraction of sp³-hybridized carbons (Fsp3) is 0.571. The summed E-state index contributed by atoms with van der Waals surface area (Å²) >= 11 is 0. The van der Waals surface area contributed by atoms with Gasteiger partial charge in [-0.1, -0.05) is 0 Å². The minimum absolute atomic E-state index is 0.0769. The summed E-state index contributed by atoms with van der Waals surface area (Å²) in [4.78, 5) is 0. The number of nitrogen functional groups attached to an aromatic ring is 1. The summed E-state index contributed by atoms with van der Waals surface area (Å²) in [7, 11) is 0. The van der Waals surface area contributed by atoms with Crippen molar-refractivity contribution in [2.45, 2.75) is 19.8 Å². The molecule has 1 aliphatic heterocycles. The maximum atomic E-state index is 8.72. The lowest BCUT2D eigenvalue weighted by Gasteiger charge is -2.00. The van der Waals surface area contributed by atoms with Gasteiger partial charge in [0.25, 0.3) is 0 Å². The van der Waals surface area contributed by atoms with Crippen molar-refractivity contribution in [3.8, 4) is 0 Å². The Balaban J connectivity index is 2.37. The monoisotopic (exact) mass is 169 g/mol. The molecule has 0 radical (unpaired) electrons. The van der Waals surface area contributed by atoms with Gasteiger partial charge in [0.1, 0.15) is 0 Å². The second-order valence-electron chi connectivity index (χ2n) is 2.75. The minimum atomic E-state index is 0.0769. The van der Waals surface area contributed by atoms with Crippen LogP contribution in [0.4, 0.5) is 5.82 Å². The van der Waals surface area contributed by atoms with Crippen molar-refractivity contribution in [2.75, 3.05) is 12.3 Å². The highest BCUT2D eigenvalue weighted by Crippen LogP contribution is 2.24. The summed E-state index contributed by atoms with van der Waals surface area (Å²) in [5, 5.41) is 12.8. The Morgan fingerprint density at radius 2 is 2.42 bits per heavy atom. The van der Waals surface area contributed by atoms with Crippen LogP contribution in [0.2, 0.25) is 0 Å². The van der Waals surface area contributed by atoms with Crippen molar-refractivity contribution in [3.63, 3.8) is 0 Å². The van der Waals surface area contributed by atoms with Crippen molar-refractivity contribution >= 4 is 5.82 Å². The van der Waals surface area contributed by atoms with Crippen molar-refractivity contribution in [2.24, 2.45) is 0 Å². The third kappa shape index (κ3) is 0.981. The highest BCUT2D eigenvalue weighted by Gasteiger charge is 2.20. The average Bonchev–Trinajstić information content (AvgIpc) is 2.58. The van der Waals surface area contributed by atoms with Crippen molar-refractivity contribution in [1.82, 2.24) is 9.78 Å². The van der Waals surface area contributed by atoms with E-state index in [4.69, 9.17) is 15.6 Å². The number of hydrogen-bond acceptors (Lipinski definition) is 4. The van der Waals surface area contributed by atoms with E-state index in [9.17, 15) is 0 Å². The molecule has 5 heteroatoms. The first-order valence-corrected chi connectivity index (χ1v) is 3.85. The van der Waals surface area contributed by atoms with E-state index in [-0.39, 0.29) is 6.61 Å². The Bertz CT molecular complexity index is 295. The lowest BCUT2D eigenvalue weighted by Crippen LogP contribution is -2.07. The van der Waals surface area contributed by atoms with Gasteiger partial charge in [-0.15, -0.1) is 0 Å². The van der Waals surface area contributed by atoms with E-state index in [1.54, 1.807) is 4.68 Å². The molecule has 5 nitrogen and oxygen atoms in total. The summed E-state index contributed by atoms with van der Waals surface area (Å²) in [6, 6.07) is 0. The van der Waals surface area contributed by atoms with E-state index in [1.165, 1.54) is 0 Å². The first-order valence-electron chi connectivity index (χ1n) is 3.85. The molecule has 0 saturated carbocycles. The maximum absolute atomic E-state index is 8.72. The van der Waals surface area contributed by atoms with Crippen LogP contribution in [0.5, 0.6) is 0 Å². The van der Waals surface area contributed by atoms with Crippen LogP contribution in [-0.4, -0.2) is 21.5 Å². The Morgan fingerprint density at radius 3 is 3.17 bits per heavy atom. The van der Waals surface area contributed by atoms with Crippen LogP contribution in [0.1, 0.15) is 11.3 Å². The summed E-state index contributed by atoms with van der Waals surface area (Å²) in [6.45, 7) is 1.67. The Kier molecular flexibility index (Phi) is 1.74. The van der Waals surface area contributed by atoms with Crippen LogP contribution in [0.3, 0.4) is 0 Å². The molecule has 0 saturated heterocycles. The smallest absolute Gasteiger partial charge is 0.151 e. The number of nitrogens with two attached hydrogens (primary N) is 1. The molecule has 1 aliphatic rings. The molecular formula is C7H11N3O2. The number of fused-ring (bicyclic) bond motifs is 1. The Labute approximate surface area is 69.7 Å². The normalized spacial score (nSPS) is 15.1. The fourth-order valence-electron chi connectivity index (χ4n) is 1.40. The van der Waals surface area contributed by atoms with Crippen LogP contribution in [0.15, 0.2) is 0 Å². The van der Waals surface area contributed by atoms with Gasteiger partial charge in [-0.2, -0.15) is 5.10 Å². The number of rotatable bonds is 2. The molecule has 12 heavy (non-hydrogen) atoms. The quantitative estimate of drug-likeness (QED) is 0.625. The summed E-state index contributed by atoms with van der Waals surface area (Å²) in [6.07, 6.45) is 0. The van der Waals surface area contributed by atoms with Gasteiger partial charge in [-0.3, -0.25) is 4.68 Å². The molecule has 2 rings (SSSR count). The van der Waals surface area contributed by atoms with E-state index in [0.29, 0.717) is 25.6 Å². The van der Waals surface area contributed by atoms with E-state index in [2.05, 4.69) is 5.10 Å². The summed E-state index contributed by atoms with van der Waals surface area (Å²) in [5.41, 5.74) is 7.61. The second-order valence-corrected chi connectivity index (χ2v) is 2.75. The van der Waals surface area contributed by atoms with Gasteiger partial charge in [-0.05, 0) is 0 Å². The van der Waals surface area contributed by atoms with E-state index in [0.717, 1.165) is 11.3 Å². The average molecular weight is 169 g/mol. The lowest BCUT2D eigenvalue weighted by molar-refractivity contribution is 0.128. The molecule has 1 aromatic rings. The largest absolute Gasteiger partial charge is 0.394 e. The van der Waals surface area contributed by atoms with Crippen LogP contribution in [0.25, 0.3) is 0 Å². The third-order valence-corrected chi connectivity index (χ3v) is 1.99. The molecule has 0 unspecified atom stereocenters. The van der Waals surface area contributed by atoms with Crippen LogP contribution in [0, 0.1) is 0 Å². The number of anilines is 1. The van der Waals surface area contributed by atoms with Crippen molar-refractivity contribution in [1.29, 1.82) is 0 Å². The van der Waals surface area contributed by atoms with Crippen LogP contribution in [-0.2, 0) is 24.5 Å². The van der Waals surface area contributed by atoms with E-state index in [1.807, 2.05) is 0 Å². The predicted octanol–water partition coefficient (Wildman–Crippen LogP) is -0.512. The number of ether oxygens (including phenoxy) is 1. The first-order chi connectivity index (χ1) is 5.83. The Morgan fingerprint density at radius 1 is 1.58 bits per heavy atom. The highest BCUT2D eigenvalue weighted by atomic mass is 16.5. The molecule has 0 amide bonds.